The molecule has 9 nitrogen and oxygen atoms in total. The molecule has 4 rings (SSSR count). The van der Waals surface area contributed by atoms with Crippen LogP contribution in [0.5, 0.6) is 5.75 Å². The van der Waals surface area contributed by atoms with Gasteiger partial charge in [-0.25, -0.2) is 0 Å². The predicted octanol–water partition coefficient (Wildman–Crippen LogP) is 4.40. The molecule has 1 aromatic heterocycles. The van der Waals surface area contributed by atoms with E-state index in [9.17, 15) is 30.1 Å². The van der Waals surface area contributed by atoms with Gasteiger partial charge in [-0.2, -0.15) is 5.26 Å². The second-order valence-corrected chi connectivity index (χ2v) is 7.83. The summed E-state index contributed by atoms with van der Waals surface area (Å²) in [6.07, 6.45) is 1.84. The average molecular weight is 469 g/mol. The van der Waals surface area contributed by atoms with E-state index in [1.807, 2.05) is 36.4 Å². The average Bonchev–Trinajstić information content (AvgIpc) is 3.31. The zero-order chi connectivity index (χ0) is 25.1. The Morgan fingerprint density at radius 1 is 1.11 bits per heavy atom. The zero-order valence-corrected chi connectivity index (χ0v) is 18.6. The number of non-ortho nitro benzene ring substituents is 1. The molecule has 0 spiro atoms. The zero-order valence-electron chi connectivity index (χ0n) is 18.6. The van der Waals surface area contributed by atoms with Crippen LogP contribution in [0.15, 0.2) is 81.8 Å². The van der Waals surface area contributed by atoms with E-state index in [4.69, 9.17) is 4.42 Å². The molecular formula is C26H19N3O6. The van der Waals surface area contributed by atoms with Crippen molar-refractivity contribution in [1.82, 2.24) is 4.90 Å². The maximum atomic E-state index is 13.2. The molecule has 0 radical (unpaired) electrons. The molecule has 2 heterocycles. The van der Waals surface area contributed by atoms with Crippen molar-refractivity contribution in [3.05, 3.63) is 98.8 Å². The molecule has 2 amide bonds. The van der Waals surface area contributed by atoms with Gasteiger partial charge in [0.25, 0.3) is 17.5 Å². The molecule has 2 aromatic carbocycles. The lowest BCUT2D eigenvalue weighted by Gasteiger charge is -2.27. The number of amides is 2. The number of nitrogens with zero attached hydrogens (tertiary/aromatic N) is 3. The lowest BCUT2D eigenvalue weighted by Crippen LogP contribution is -2.43. The number of nitro benzene ring substituents is 1. The Hall–Kier alpha value is -4.97. The van der Waals surface area contributed by atoms with Crippen LogP contribution in [0.4, 0.5) is 5.69 Å². The van der Waals surface area contributed by atoms with Gasteiger partial charge in [0.15, 0.2) is 0 Å². The number of carbonyl (C=O) groups is 2. The third-order valence-corrected chi connectivity index (χ3v) is 5.66. The fourth-order valence-corrected chi connectivity index (χ4v) is 3.77. The van der Waals surface area contributed by atoms with Crippen molar-refractivity contribution in [1.29, 1.82) is 5.26 Å². The number of nitro groups is 1. The molecule has 9 heteroatoms. The van der Waals surface area contributed by atoms with Crippen LogP contribution < -0.4 is 0 Å². The monoisotopic (exact) mass is 469 g/mol. The lowest BCUT2D eigenvalue weighted by molar-refractivity contribution is -0.384. The molecule has 1 aliphatic heterocycles. The molecule has 0 atom stereocenters. The molecule has 0 aliphatic carbocycles. The van der Waals surface area contributed by atoms with Crippen LogP contribution in [-0.4, -0.2) is 33.3 Å². The predicted molar refractivity (Wildman–Crippen MR) is 126 cm³/mol. The fourth-order valence-electron chi connectivity index (χ4n) is 3.77. The van der Waals surface area contributed by atoms with Crippen LogP contribution in [0, 0.1) is 21.4 Å². The first-order chi connectivity index (χ1) is 16.8. The summed E-state index contributed by atoms with van der Waals surface area (Å²) in [6, 6.07) is 17.8. The van der Waals surface area contributed by atoms with Gasteiger partial charge < -0.3 is 9.52 Å². The Kier molecular flexibility index (Phi) is 6.29. The highest BCUT2D eigenvalue weighted by Crippen LogP contribution is 2.35. The van der Waals surface area contributed by atoms with Crippen molar-refractivity contribution >= 4 is 23.6 Å². The van der Waals surface area contributed by atoms with E-state index in [1.54, 1.807) is 0 Å². The molecule has 0 bridgehead atoms. The number of hydrogen-bond donors (Lipinski definition) is 1. The van der Waals surface area contributed by atoms with Crippen molar-refractivity contribution in [2.45, 2.75) is 13.3 Å². The maximum Gasteiger partial charge on any atom is 0.271 e. The van der Waals surface area contributed by atoms with Gasteiger partial charge in [0.2, 0.25) is 0 Å². The smallest absolute Gasteiger partial charge is 0.271 e. The first-order valence-electron chi connectivity index (χ1n) is 10.6. The van der Waals surface area contributed by atoms with E-state index >= 15 is 0 Å². The van der Waals surface area contributed by atoms with Crippen LogP contribution >= 0.6 is 0 Å². The second kappa shape index (κ2) is 9.49. The van der Waals surface area contributed by atoms with Gasteiger partial charge in [0.1, 0.15) is 28.9 Å². The summed E-state index contributed by atoms with van der Waals surface area (Å²) in [4.78, 5) is 37.6. The first-order valence-corrected chi connectivity index (χ1v) is 10.6. The minimum Gasteiger partial charge on any atom is -0.507 e. The van der Waals surface area contributed by atoms with E-state index in [0.29, 0.717) is 6.42 Å². The summed E-state index contributed by atoms with van der Waals surface area (Å²) in [6.45, 7) is 1.62. The number of hydrogen-bond acceptors (Lipinski definition) is 7. The maximum absolute atomic E-state index is 13.2. The number of rotatable bonds is 6. The lowest BCUT2D eigenvalue weighted by atomic mass is 9.94. The van der Waals surface area contributed by atoms with Crippen LogP contribution in [0.3, 0.4) is 0 Å². The number of aromatic hydroxyl groups is 1. The molecule has 35 heavy (non-hydrogen) atoms. The van der Waals surface area contributed by atoms with Gasteiger partial charge in [-0.1, -0.05) is 30.3 Å². The third-order valence-electron chi connectivity index (χ3n) is 5.66. The third kappa shape index (κ3) is 4.58. The highest BCUT2D eigenvalue weighted by molar-refractivity contribution is 6.19. The summed E-state index contributed by atoms with van der Waals surface area (Å²) in [5.41, 5.74) is 1.06. The van der Waals surface area contributed by atoms with E-state index in [2.05, 4.69) is 0 Å². The highest BCUT2D eigenvalue weighted by atomic mass is 16.6. The first kappa shape index (κ1) is 23.2. The number of phenolic OH excluding ortho intramolecular Hbond substituents is 1. The number of benzene rings is 2. The van der Waals surface area contributed by atoms with Crippen LogP contribution in [0.25, 0.3) is 17.4 Å². The molecule has 0 saturated carbocycles. The molecule has 1 aliphatic rings. The number of phenols is 1. The topological polar surface area (TPSA) is 138 Å². The quantitative estimate of drug-likeness (QED) is 0.244. The van der Waals surface area contributed by atoms with Gasteiger partial charge in [-0.05, 0) is 48.8 Å². The van der Waals surface area contributed by atoms with Gasteiger partial charge in [-0.15, -0.1) is 0 Å². The minimum absolute atomic E-state index is 0.0996. The minimum atomic E-state index is -0.648. The van der Waals surface area contributed by atoms with Crippen molar-refractivity contribution in [2.75, 3.05) is 6.54 Å². The molecule has 1 N–H and O–H groups in total. The van der Waals surface area contributed by atoms with Gasteiger partial charge in [-0.3, -0.25) is 24.6 Å². The SMILES string of the molecule is CC1=C(C#N)C(=O)N(CCc2ccccc2)C(=O)/C1=C\c1ccc(-c2cc([N+](=O)[O-])ccc2O)o1. The van der Waals surface area contributed by atoms with Gasteiger partial charge in [0.05, 0.1) is 10.5 Å². The molecule has 0 fully saturated rings. The van der Waals surface area contributed by atoms with E-state index in [0.717, 1.165) is 10.5 Å². The molecule has 174 valence electrons. The molecule has 0 saturated heterocycles. The Morgan fingerprint density at radius 2 is 1.86 bits per heavy atom. The van der Waals surface area contributed by atoms with E-state index < -0.39 is 16.7 Å². The highest BCUT2D eigenvalue weighted by Gasteiger charge is 2.35. The standard InChI is InChI=1S/C26H19N3O6/c1-16-20(14-19-8-10-24(35-19)21-13-18(29(33)34)7-9-23(21)30)25(31)28(26(32)22(16)15-27)12-11-17-5-3-2-4-6-17/h2-10,13-14,30H,11-12H2,1H3/b20-14-. The Bertz CT molecular complexity index is 1440. The van der Waals surface area contributed by atoms with Crippen LogP contribution in [0.2, 0.25) is 0 Å². The largest absolute Gasteiger partial charge is 0.507 e. The molecule has 3 aromatic rings. The summed E-state index contributed by atoms with van der Waals surface area (Å²) in [7, 11) is 0. The van der Waals surface area contributed by atoms with Gasteiger partial charge >= 0.3 is 0 Å². The Balaban J connectivity index is 1.68. The number of carbonyl (C=O) groups excluding carboxylic acids is 2. The Labute approximate surface area is 200 Å². The van der Waals surface area contributed by atoms with Crippen LogP contribution in [0.1, 0.15) is 18.2 Å². The van der Waals surface area contributed by atoms with Crippen molar-refractivity contribution < 1.29 is 24.0 Å². The molecule has 0 unspecified atom stereocenters. The summed E-state index contributed by atoms with van der Waals surface area (Å²) in [5, 5.41) is 30.8. The van der Waals surface area contributed by atoms with E-state index in [-0.39, 0.29) is 51.8 Å². The summed E-state index contributed by atoms with van der Waals surface area (Å²) >= 11 is 0. The van der Waals surface area contributed by atoms with Crippen molar-refractivity contribution in [3.63, 3.8) is 0 Å². The Morgan fingerprint density at radius 3 is 2.54 bits per heavy atom. The normalized spacial score (nSPS) is 15.0. The second-order valence-electron chi connectivity index (χ2n) is 7.83. The molecular weight excluding hydrogens is 450 g/mol. The number of furan rings is 1. The van der Waals surface area contributed by atoms with E-state index in [1.165, 1.54) is 43.3 Å². The number of imide groups is 1. The van der Waals surface area contributed by atoms with Gasteiger partial charge in [0, 0.05) is 24.3 Å². The number of nitriles is 1. The summed E-state index contributed by atoms with van der Waals surface area (Å²) in [5.74, 6) is -1.05. The summed E-state index contributed by atoms with van der Waals surface area (Å²) < 4.78 is 5.72. The fraction of sp³-hybridized carbons (Fsp3) is 0.115. The van der Waals surface area contributed by atoms with Crippen molar-refractivity contribution in [3.8, 4) is 23.1 Å². The van der Waals surface area contributed by atoms with Crippen LogP contribution in [-0.2, 0) is 16.0 Å². The van der Waals surface area contributed by atoms with Crippen molar-refractivity contribution in [2.24, 2.45) is 0 Å².